The fraction of sp³-hybridized carbons (Fsp3) is 0.524. The molecule has 0 unspecified atom stereocenters. The van der Waals surface area contributed by atoms with Gasteiger partial charge in [0.2, 0.25) is 5.88 Å². The average Bonchev–Trinajstić information content (AvgIpc) is 2.64. The Morgan fingerprint density at radius 2 is 1.85 bits per heavy atom. The summed E-state index contributed by atoms with van der Waals surface area (Å²) in [6.45, 7) is 10.1. The molecule has 0 bridgehead atoms. The summed E-state index contributed by atoms with van der Waals surface area (Å²) in [5, 5.41) is 0.915. The number of hydrogen-bond donors (Lipinski definition) is 0. The van der Waals surface area contributed by atoms with E-state index in [2.05, 4.69) is 30.7 Å². The number of unbranched alkanes of at least 4 members (excludes halogenated alkanes) is 1. The van der Waals surface area contributed by atoms with Gasteiger partial charge in [0, 0.05) is 23.4 Å². The molecule has 0 radical (unpaired) electrons. The van der Waals surface area contributed by atoms with E-state index in [1.165, 1.54) is 0 Å². The van der Waals surface area contributed by atoms with Gasteiger partial charge >= 0.3 is 0 Å². The highest BCUT2D eigenvalue weighted by Crippen LogP contribution is 2.24. The third-order valence-corrected chi connectivity index (χ3v) is 4.51. The number of rotatable bonds is 11. The maximum Gasteiger partial charge on any atom is 0.214 e. The van der Waals surface area contributed by atoms with Crippen molar-refractivity contribution in [2.75, 3.05) is 26.2 Å². The van der Waals surface area contributed by atoms with Crippen molar-refractivity contribution in [3.05, 3.63) is 35.9 Å². The Balaban J connectivity index is 0.00000338. The van der Waals surface area contributed by atoms with Crippen molar-refractivity contribution in [1.82, 2.24) is 9.88 Å². The van der Waals surface area contributed by atoms with Gasteiger partial charge in [-0.25, -0.2) is 4.98 Å². The summed E-state index contributed by atoms with van der Waals surface area (Å²) in [5.41, 5.74) is 1.56. The molecular formula is C21H31ClN2O2. The van der Waals surface area contributed by atoms with Crippen LogP contribution in [0.5, 0.6) is 5.88 Å². The van der Waals surface area contributed by atoms with Gasteiger partial charge in [0.1, 0.15) is 0 Å². The fourth-order valence-corrected chi connectivity index (χ4v) is 2.91. The topological polar surface area (TPSA) is 42.4 Å². The zero-order chi connectivity index (χ0) is 18.1. The van der Waals surface area contributed by atoms with E-state index in [1.54, 1.807) is 0 Å². The molecule has 0 fully saturated rings. The highest BCUT2D eigenvalue weighted by Gasteiger charge is 2.14. The first-order valence-electron chi connectivity index (χ1n) is 9.47. The van der Waals surface area contributed by atoms with Crippen LogP contribution in [0.1, 0.15) is 56.8 Å². The van der Waals surface area contributed by atoms with Gasteiger partial charge in [0.15, 0.2) is 5.78 Å². The molecule has 4 nitrogen and oxygen atoms in total. The van der Waals surface area contributed by atoms with E-state index in [9.17, 15) is 4.79 Å². The van der Waals surface area contributed by atoms with Gasteiger partial charge < -0.3 is 9.64 Å². The molecule has 0 aliphatic heterocycles. The van der Waals surface area contributed by atoms with E-state index in [4.69, 9.17) is 4.74 Å². The third kappa shape index (κ3) is 6.26. The predicted octanol–water partition coefficient (Wildman–Crippen LogP) is 5.14. The fourth-order valence-electron chi connectivity index (χ4n) is 2.91. The number of Topliss-reactive ketones (excluding diaryl/α,β-unsaturated/α-hetero) is 1. The summed E-state index contributed by atoms with van der Waals surface area (Å²) in [7, 11) is 0. The summed E-state index contributed by atoms with van der Waals surface area (Å²) in [4.78, 5) is 19.7. The third-order valence-electron chi connectivity index (χ3n) is 4.51. The van der Waals surface area contributed by atoms with Crippen LogP contribution in [0.25, 0.3) is 10.9 Å². The summed E-state index contributed by atoms with van der Waals surface area (Å²) >= 11 is 0. The number of carbonyl (C=O) groups is 1. The Morgan fingerprint density at radius 1 is 1.12 bits per heavy atom. The monoisotopic (exact) mass is 378 g/mol. The standard InChI is InChI=1S/C21H30N2O2.ClH/c1-4-7-15-25-21-16-18(17-11-8-9-12-19(17)22-21)20(24)13-10-14-23(5-2)6-3;/h8-9,11-12,16H,4-7,10,13-15H2,1-3H3;1H. The van der Waals surface area contributed by atoms with Crippen LogP contribution in [0, 0.1) is 0 Å². The molecule has 0 N–H and O–H groups in total. The van der Waals surface area contributed by atoms with Gasteiger partial charge in [-0.3, -0.25) is 4.79 Å². The van der Waals surface area contributed by atoms with Gasteiger partial charge in [-0.2, -0.15) is 0 Å². The number of carbonyl (C=O) groups excluding carboxylic acids is 1. The van der Waals surface area contributed by atoms with E-state index >= 15 is 0 Å². The molecule has 5 heteroatoms. The second kappa shape index (κ2) is 11.9. The van der Waals surface area contributed by atoms with E-state index in [0.29, 0.717) is 18.9 Å². The Hall–Kier alpha value is -1.65. The van der Waals surface area contributed by atoms with E-state index in [0.717, 1.165) is 55.4 Å². The second-order valence-corrected chi connectivity index (χ2v) is 6.28. The largest absolute Gasteiger partial charge is 0.478 e. The van der Waals surface area contributed by atoms with Crippen molar-refractivity contribution in [2.45, 2.75) is 46.5 Å². The molecule has 144 valence electrons. The number of ketones is 1. The molecule has 0 aliphatic carbocycles. The van der Waals surface area contributed by atoms with Crippen molar-refractivity contribution in [1.29, 1.82) is 0 Å². The quantitative estimate of drug-likeness (QED) is 0.401. The van der Waals surface area contributed by atoms with Crippen molar-refractivity contribution in [2.24, 2.45) is 0 Å². The van der Waals surface area contributed by atoms with Crippen LogP contribution >= 0.6 is 12.4 Å². The number of pyridine rings is 1. The van der Waals surface area contributed by atoms with Gasteiger partial charge in [-0.1, -0.05) is 45.4 Å². The summed E-state index contributed by atoms with van der Waals surface area (Å²) in [6.07, 6.45) is 3.49. The molecular weight excluding hydrogens is 348 g/mol. The minimum atomic E-state index is 0. The number of ether oxygens (including phenoxy) is 1. The lowest BCUT2D eigenvalue weighted by Gasteiger charge is -2.17. The van der Waals surface area contributed by atoms with Crippen molar-refractivity contribution < 1.29 is 9.53 Å². The smallest absolute Gasteiger partial charge is 0.214 e. The first-order chi connectivity index (χ1) is 12.2. The van der Waals surface area contributed by atoms with Crippen molar-refractivity contribution >= 4 is 29.1 Å². The normalized spacial score (nSPS) is 10.8. The molecule has 0 saturated carbocycles. The van der Waals surface area contributed by atoms with Crippen LogP contribution in [0.15, 0.2) is 30.3 Å². The predicted molar refractivity (Wildman–Crippen MR) is 111 cm³/mol. The Bertz CT molecular complexity index is 687. The van der Waals surface area contributed by atoms with Crippen molar-refractivity contribution in [3.63, 3.8) is 0 Å². The molecule has 2 rings (SSSR count). The molecule has 1 heterocycles. The number of halogens is 1. The summed E-state index contributed by atoms with van der Waals surface area (Å²) in [6, 6.07) is 9.62. The summed E-state index contributed by atoms with van der Waals surface area (Å²) < 4.78 is 5.75. The van der Waals surface area contributed by atoms with Crippen LogP contribution in [0.4, 0.5) is 0 Å². The van der Waals surface area contributed by atoms with E-state index < -0.39 is 0 Å². The average molecular weight is 379 g/mol. The van der Waals surface area contributed by atoms with Gasteiger partial charge in [0.05, 0.1) is 12.1 Å². The van der Waals surface area contributed by atoms with Gasteiger partial charge in [0.25, 0.3) is 0 Å². The number of hydrogen-bond acceptors (Lipinski definition) is 4. The van der Waals surface area contributed by atoms with Crippen LogP contribution in [0.2, 0.25) is 0 Å². The molecule has 1 aromatic heterocycles. The number of nitrogens with zero attached hydrogens (tertiary/aromatic N) is 2. The lowest BCUT2D eigenvalue weighted by Crippen LogP contribution is -2.24. The molecule has 26 heavy (non-hydrogen) atoms. The molecule has 1 aromatic carbocycles. The maximum atomic E-state index is 12.8. The van der Waals surface area contributed by atoms with Crippen molar-refractivity contribution in [3.8, 4) is 5.88 Å². The minimum absolute atomic E-state index is 0. The second-order valence-electron chi connectivity index (χ2n) is 6.28. The molecule has 0 aliphatic rings. The highest BCUT2D eigenvalue weighted by atomic mass is 35.5. The molecule has 0 saturated heterocycles. The highest BCUT2D eigenvalue weighted by molar-refractivity contribution is 6.07. The van der Waals surface area contributed by atoms with Crippen LogP contribution in [-0.2, 0) is 0 Å². The Kier molecular flexibility index (Phi) is 10.2. The lowest BCUT2D eigenvalue weighted by molar-refractivity contribution is 0.0976. The first-order valence-corrected chi connectivity index (χ1v) is 9.47. The van der Waals surface area contributed by atoms with Crippen LogP contribution in [-0.4, -0.2) is 41.9 Å². The number of benzene rings is 1. The van der Waals surface area contributed by atoms with Gasteiger partial charge in [-0.05, 0) is 38.5 Å². The van der Waals surface area contributed by atoms with Crippen LogP contribution in [0.3, 0.4) is 0 Å². The number of fused-ring (bicyclic) bond motifs is 1. The maximum absolute atomic E-state index is 12.8. The number of aromatic nitrogens is 1. The Morgan fingerprint density at radius 3 is 2.54 bits per heavy atom. The number of para-hydroxylation sites is 1. The molecule has 2 aromatic rings. The lowest BCUT2D eigenvalue weighted by atomic mass is 10.0. The molecule has 0 spiro atoms. The van der Waals surface area contributed by atoms with E-state index in [1.807, 2.05) is 30.3 Å². The van der Waals surface area contributed by atoms with E-state index in [-0.39, 0.29) is 18.2 Å². The minimum Gasteiger partial charge on any atom is -0.478 e. The first kappa shape index (κ1) is 22.4. The van der Waals surface area contributed by atoms with Crippen LogP contribution < -0.4 is 4.74 Å². The Labute approximate surface area is 163 Å². The summed E-state index contributed by atoms with van der Waals surface area (Å²) in [5.74, 6) is 0.727. The zero-order valence-corrected chi connectivity index (χ0v) is 17.0. The van der Waals surface area contributed by atoms with Gasteiger partial charge in [-0.15, -0.1) is 12.4 Å². The molecule has 0 atom stereocenters. The SMILES string of the molecule is CCCCOc1cc(C(=O)CCCN(CC)CC)c2ccccc2n1.Cl. The molecule has 0 amide bonds. The zero-order valence-electron chi connectivity index (χ0n) is 16.2.